The monoisotopic (exact) mass is 322 g/mol. The smallest absolute Gasteiger partial charge is 0.334 e. The lowest BCUT2D eigenvalue weighted by molar-refractivity contribution is -0.170. The molecule has 0 aromatic heterocycles. The topological polar surface area (TPSA) is 118 Å². The number of aliphatic carboxylic acids is 1. The van der Waals surface area contributed by atoms with E-state index in [0.717, 1.165) is 0 Å². The summed E-state index contributed by atoms with van der Waals surface area (Å²) in [7, 11) is 0. The van der Waals surface area contributed by atoms with Gasteiger partial charge in [0, 0.05) is 6.42 Å². The number of esters is 2. The molecule has 0 spiro atoms. The van der Waals surface area contributed by atoms with Gasteiger partial charge >= 0.3 is 17.9 Å². The molecule has 0 atom stereocenters. The van der Waals surface area contributed by atoms with Crippen molar-refractivity contribution < 1.29 is 43.2 Å². The standard InChI is InChI=1S/C13H22O9/c1-2-3-12(16)21-10-22-13(17)9-20-7-5-18-4-6-19-8-11(14)15/h2-10H2,1H3,(H,14,15). The van der Waals surface area contributed by atoms with E-state index in [1.54, 1.807) is 0 Å². The minimum absolute atomic E-state index is 0.164. The first-order valence-electron chi connectivity index (χ1n) is 6.82. The number of carboxylic acid groups (broad SMARTS) is 1. The van der Waals surface area contributed by atoms with Crippen LogP contribution in [0.15, 0.2) is 0 Å². The number of carbonyl (C=O) groups excluding carboxylic acids is 2. The number of carboxylic acids is 1. The Kier molecular flexibility index (Phi) is 13.1. The average Bonchev–Trinajstić information content (AvgIpc) is 2.45. The van der Waals surface area contributed by atoms with Crippen molar-refractivity contribution in [2.45, 2.75) is 19.8 Å². The van der Waals surface area contributed by atoms with Crippen LogP contribution in [-0.4, -0.2) is 69.4 Å². The van der Waals surface area contributed by atoms with Crippen LogP contribution in [0.25, 0.3) is 0 Å². The first-order chi connectivity index (χ1) is 10.6. The molecule has 0 bridgehead atoms. The van der Waals surface area contributed by atoms with E-state index in [9.17, 15) is 14.4 Å². The van der Waals surface area contributed by atoms with E-state index in [2.05, 4.69) is 9.47 Å². The lowest BCUT2D eigenvalue weighted by atomic mass is 10.3. The Labute approximate surface area is 128 Å². The molecule has 0 amide bonds. The molecule has 0 aliphatic carbocycles. The van der Waals surface area contributed by atoms with E-state index in [4.69, 9.17) is 19.3 Å². The van der Waals surface area contributed by atoms with Crippen molar-refractivity contribution >= 4 is 17.9 Å². The molecule has 0 aliphatic rings. The van der Waals surface area contributed by atoms with Gasteiger partial charge in [-0.2, -0.15) is 0 Å². The minimum atomic E-state index is -1.04. The van der Waals surface area contributed by atoms with Gasteiger partial charge < -0.3 is 28.8 Å². The molecule has 0 fully saturated rings. The van der Waals surface area contributed by atoms with Gasteiger partial charge in [-0.1, -0.05) is 6.92 Å². The predicted octanol–water partition coefficient (Wildman–Crippen LogP) is -0.0352. The fourth-order valence-electron chi connectivity index (χ4n) is 1.13. The van der Waals surface area contributed by atoms with Gasteiger partial charge in [0.15, 0.2) is 0 Å². The molecule has 0 saturated heterocycles. The van der Waals surface area contributed by atoms with Crippen LogP contribution < -0.4 is 0 Å². The highest BCUT2D eigenvalue weighted by Crippen LogP contribution is 1.92. The van der Waals surface area contributed by atoms with E-state index < -0.39 is 24.7 Å². The van der Waals surface area contributed by atoms with E-state index >= 15 is 0 Å². The van der Waals surface area contributed by atoms with Crippen LogP contribution in [0.3, 0.4) is 0 Å². The van der Waals surface area contributed by atoms with Gasteiger partial charge in [-0.25, -0.2) is 9.59 Å². The summed E-state index contributed by atoms with van der Waals surface area (Å²) in [6.07, 6.45) is 0.943. The maximum atomic E-state index is 11.2. The van der Waals surface area contributed by atoms with Crippen molar-refractivity contribution in [1.82, 2.24) is 0 Å². The number of hydrogen-bond donors (Lipinski definition) is 1. The van der Waals surface area contributed by atoms with E-state index in [1.165, 1.54) is 0 Å². The Hall–Kier alpha value is -1.71. The molecule has 0 saturated carbocycles. The maximum Gasteiger partial charge on any atom is 0.334 e. The summed E-state index contributed by atoms with van der Waals surface area (Å²) in [6.45, 7) is 1.57. The van der Waals surface area contributed by atoms with Gasteiger partial charge in [-0.3, -0.25) is 4.79 Å². The molecule has 0 aromatic carbocycles. The van der Waals surface area contributed by atoms with Crippen molar-refractivity contribution in [3.8, 4) is 0 Å². The molecule has 9 heteroatoms. The molecule has 0 unspecified atom stereocenters. The van der Waals surface area contributed by atoms with Gasteiger partial charge in [-0.15, -0.1) is 0 Å². The fraction of sp³-hybridized carbons (Fsp3) is 0.769. The molecule has 0 aromatic rings. The summed E-state index contributed by atoms with van der Waals surface area (Å²) in [4.78, 5) is 32.3. The molecule has 0 rings (SSSR count). The molecule has 128 valence electrons. The zero-order chi connectivity index (χ0) is 16.6. The second-order valence-corrected chi connectivity index (χ2v) is 4.01. The van der Waals surface area contributed by atoms with Crippen LogP contribution in [0.1, 0.15) is 19.8 Å². The Morgan fingerprint density at radius 2 is 1.36 bits per heavy atom. The Morgan fingerprint density at radius 1 is 0.818 bits per heavy atom. The van der Waals surface area contributed by atoms with Crippen LogP contribution in [0.5, 0.6) is 0 Å². The maximum absolute atomic E-state index is 11.2. The summed E-state index contributed by atoms with van der Waals surface area (Å²) in [5.74, 6) is -2.11. The van der Waals surface area contributed by atoms with Gasteiger partial charge in [0.25, 0.3) is 0 Å². The second-order valence-electron chi connectivity index (χ2n) is 4.01. The lowest BCUT2D eigenvalue weighted by Crippen LogP contribution is -2.18. The summed E-state index contributed by atoms with van der Waals surface area (Å²) < 4.78 is 24.0. The fourth-order valence-corrected chi connectivity index (χ4v) is 1.13. The van der Waals surface area contributed by atoms with E-state index in [-0.39, 0.29) is 46.1 Å². The third-order valence-electron chi connectivity index (χ3n) is 2.08. The Balaban J connectivity index is 3.28. The second kappa shape index (κ2) is 14.2. The van der Waals surface area contributed by atoms with E-state index in [0.29, 0.717) is 6.42 Å². The zero-order valence-electron chi connectivity index (χ0n) is 12.6. The molecule has 9 nitrogen and oxygen atoms in total. The molecule has 0 heterocycles. The lowest BCUT2D eigenvalue weighted by Gasteiger charge is -2.07. The van der Waals surface area contributed by atoms with Crippen molar-refractivity contribution in [2.24, 2.45) is 0 Å². The van der Waals surface area contributed by atoms with Crippen LogP contribution in [0.4, 0.5) is 0 Å². The summed E-state index contributed by atoms with van der Waals surface area (Å²) in [6, 6.07) is 0. The number of rotatable bonds is 14. The van der Waals surface area contributed by atoms with Gasteiger partial charge in [0.2, 0.25) is 6.79 Å². The SMILES string of the molecule is CCCC(=O)OCOC(=O)COCCOCCOCC(=O)O. The van der Waals surface area contributed by atoms with Gasteiger partial charge in [0.05, 0.1) is 26.4 Å². The Bertz CT molecular complexity index is 329. The molecule has 0 radical (unpaired) electrons. The highest BCUT2D eigenvalue weighted by atomic mass is 16.7. The Morgan fingerprint density at radius 3 is 1.95 bits per heavy atom. The molecule has 22 heavy (non-hydrogen) atoms. The van der Waals surface area contributed by atoms with Gasteiger partial charge in [-0.05, 0) is 6.42 Å². The van der Waals surface area contributed by atoms with Crippen molar-refractivity contribution in [3.05, 3.63) is 0 Å². The largest absolute Gasteiger partial charge is 0.480 e. The molecule has 0 aliphatic heterocycles. The number of ether oxygens (including phenoxy) is 5. The van der Waals surface area contributed by atoms with E-state index in [1.807, 2.05) is 6.92 Å². The zero-order valence-corrected chi connectivity index (χ0v) is 12.6. The summed E-state index contributed by atoms with van der Waals surface area (Å²) >= 11 is 0. The highest BCUT2D eigenvalue weighted by molar-refractivity contribution is 5.71. The first-order valence-corrected chi connectivity index (χ1v) is 6.82. The third-order valence-corrected chi connectivity index (χ3v) is 2.08. The predicted molar refractivity (Wildman–Crippen MR) is 72.1 cm³/mol. The normalized spacial score (nSPS) is 10.2. The van der Waals surface area contributed by atoms with Crippen LogP contribution >= 0.6 is 0 Å². The molecular formula is C13H22O9. The van der Waals surface area contributed by atoms with Crippen molar-refractivity contribution in [2.75, 3.05) is 46.4 Å². The van der Waals surface area contributed by atoms with Crippen molar-refractivity contribution in [3.63, 3.8) is 0 Å². The summed E-state index contributed by atoms with van der Waals surface area (Å²) in [5.41, 5.74) is 0. The van der Waals surface area contributed by atoms with Crippen LogP contribution in [-0.2, 0) is 38.1 Å². The third kappa shape index (κ3) is 14.7. The highest BCUT2D eigenvalue weighted by Gasteiger charge is 2.05. The van der Waals surface area contributed by atoms with Crippen molar-refractivity contribution in [1.29, 1.82) is 0 Å². The summed E-state index contributed by atoms with van der Waals surface area (Å²) in [5, 5.41) is 8.30. The average molecular weight is 322 g/mol. The minimum Gasteiger partial charge on any atom is -0.480 e. The molecular weight excluding hydrogens is 300 g/mol. The number of carbonyl (C=O) groups is 3. The van der Waals surface area contributed by atoms with Crippen LogP contribution in [0.2, 0.25) is 0 Å². The number of hydrogen-bond acceptors (Lipinski definition) is 8. The van der Waals surface area contributed by atoms with Gasteiger partial charge in [0.1, 0.15) is 13.2 Å². The first kappa shape index (κ1) is 20.3. The quantitative estimate of drug-likeness (QED) is 0.267. The molecule has 1 N–H and O–H groups in total. The van der Waals surface area contributed by atoms with Crippen LogP contribution in [0, 0.1) is 0 Å².